The first-order valence-electron chi connectivity index (χ1n) is 8.89. The number of rotatable bonds is 5. The third kappa shape index (κ3) is 4.31. The number of anilines is 2. The van der Waals surface area contributed by atoms with E-state index in [1.807, 2.05) is 36.1 Å². The minimum atomic E-state index is -0.838. The first kappa shape index (κ1) is 18.2. The van der Waals surface area contributed by atoms with Gasteiger partial charge in [0, 0.05) is 37.1 Å². The molecule has 1 aliphatic heterocycles. The Kier molecular flexibility index (Phi) is 5.71. The Morgan fingerprint density at radius 3 is 2.77 bits per heavy atom. The summed E-state index contributed by atoms with van der Waals surface area (Å²) in [6.45, 7) is 4.05. The van der Waals surface area contributed by atoms with Crippen molar-refractivity contribution in [1.29, 1.82) is 0 Å². The number of amides is 2. The van der Waals surface area contributed by atoms with E-state index >= 15 is 0 Å². The predicted molar refractivity (Wildman–Crippen MR) is 99.5 cm³/mol. The molecule has 1 saturated heterocycles. The minimum absolute atomic E-state index is 0.225. The molecular formula is C20H23F2N3O. The van der Waals surface area contributed by atoms with Crippen LogP contribution in [0.15, 0.2) is 42.5 Å². The molecule has 0 bridgehead atoms. The average molecular weight is 359 g/mol. The molecule has 1 heterocycles. The lowest BCUT2D eigenvalue weighted by atomic mass is 10.1. The van der Waals surface area contributed by atoms with Crippen molar-refractivity contribution in [3.63, 3.8) is 0 Å². The van der Waals surface area contributed by atoms with Crippen LogP contribution in [0.4, 0.5) is 25.0 Å². The zero-order chi connectivity index (χ0) is 18.5. The van der Waals surface area contributed by atoms with Crippen LogP contribution < -0.4 is 15.5 Å². The molecule has 0 aromatic heterocycles. The molecule has 26 heavy (non-hydrogen) atoms. The second-order valence-corrected chi connectivity index (χ2v) is 6.54. The van der Waals surface area contributed by atoms with Crippen LogP contribution in [0.1, 0.15) is 18.9 Å². The molecule has 0 radical (unpaired) electrons. The van der Waals surface area contributed by atoms with Crippen molar-refractivity contribution in [2.45, 2.75) is 19.8 Å². The number of carbonyl (C=O) groups excluding carboxylic acids is 1. The van der Waals surface area contributed by atoms with E-state index < -0.39 is 11.6 Å². The summed E-state index contributed by atoms with van der Waals surface area (Å²) in [7, 11) is 0. The molecule has 0 aliphatic carbocycles. The maximum atomic E-state index is 13.4. The van der Waals surface area contributed by atoms with Gasteiger partial charge in [-0.05, 0) is 42.5 Å². The van der Waals surface area contributed by atoms with Gasteiger partial charge in [-0.25, -0.2) is 13.6 Å². The van der Waals surface area contributed by atoms with Crippen molar-refractivity contribution in [2.24, 2.45) is 5.92 Å². The highest BCUT2D eigenvalue weighted by atomic mass is 19.2. The molecule has 6 heteroatoms. The first-order valence-corrected chi connectivity index (χ1v) is 8.89. The molecule has 138 valence electrons. The van der Waals surface area contributed by atoms with Crippen LogP contribution in [0, 0.1) is 17.6 Å². The number of hydrogen-bond acceptors (Lipinski definition) is 2. The average Bonchev–Trinajstić information content (AvgIpc) is 3.12. The summed E-state index contributed by atoms with van der Waals surface area (Å²) in [5, 5.41) is 5.79. The van der Waals surface area contributed by atoms with Gasteiger partial charge in [-0.2, -0.15) is 0 Å². The summed E-state index contributed by atoms with van der Waals surface area (Å²) >= 11 is 0. The molecule has 0 saturated carbocycles. The standard InChI is InChI=1S/C20H23F2N3O/c1-2-15-5-3-4-6-19(15)24-20(26)23-12-14-9-10-25(13-14)16-7-8-17(21)18(22)11-16/h3-8,11,14H,2,9-10,12-13H2,1H3,(H2,23,24,26). The van der Waals surface area contributed by atoms with E-state index in [9.17, 15) is 13.6 Å². The van der Waals surface area contributed by atoms with Crippen LogP contribution in [0.25, 0.3) is 0 Å². The number of carbonyl (C=O) groups is 1. The molecule has 2 N–H and O–H groups in total. The zero-order valence-electron chi connectivity index (χ0n) is 14.8. The second kappa shape index (κ2) is 8.17. The van der Waals surface area contributed by atoms with Crippen molar-refractivity contribution in [1.82, 2.24) is 5.32 Å². The van der Waals surface area contributed by atoms with Gasteiger partial charge in [0.15, 0.2) is 11.6 Å². The summed E-state index contributed by atoms with van der Waals surface area (Å²) in [6, 6.07) is 11.5. The maximum absolute atomic E-state index is 13.4. The van der Waals surface area contributed by atoms with E-state index in [0.717, 1.165) is 36.7 Å². The molecule has 0 spiro atoms. The van der Waals surface area contributed by atoms with Gasteiger partial charge in [0.25, 0.3) is 0 Å². The largest absolute Gasteiger partial charge is 0.371 e. The number of nitrogens with one attached hydrogen (secondary N) is 2. The molecule has 1 aliphatic rings. The van der Waals surface area contributed by atoms with Gasteiger partial charge in [0.2, 0.25) is 0 Å². The number of nitrogens with zero attached hydrogens (tertiary/aromatic N) is 1. The van der Waals surface area contributed by atoms with Crippen molar-refractivity contribution in [3.05, 3.63) is 59.7 Å². The zero-order valence-corrected chi connectivity index (χ0v) is 14.8. The Morgan fingerprint density at radius 2 is 2.00 bits per heavy atom. The van der Waals surface area contributed by atoms with E-state index in [1.54, 1.807) is 6.07 Å². The number of urea groups is 1. The molecule has 2 aromatic carbocycles. The number of para-hydroxylation sites is 1. The molecule has 3 rings (SSSR count). The summed E-state index contributed by atoms with van der Waals surface area (Å²) in [5.41, 5.74) is 2.59. The molecule has 1 atom stereocenters. The van der Waals surface area contributed by atoms with Crippen LogP contribution in [0.2, 0.25) is 0 Å². The minimum Gasteiger partial charge on any atom is -0.371 e. The van der Waals surface area contributed by atoms with Gasteiger partial charge in [-0.3, -0.25) is 0 Å². The van der Waals surface area contributed by atoms with Crippen LogP contribution >= 0.6 is 0 Å². The van der Waals surface area contributed by atoms with Crippen molar-refractivity contribution >= 4 is 17.4 Å². The highest BCUT2D eigenvalue weighted by molar-refractivity contribution is 5.90. The monoisotopic (exact) mass is 359 g/mol. The number of hydrogen-bond donors (Lipinski definition) is 2. The van der Waals surface area contributed by atoms with Gasteiger partial charge >= 0.3 is 6.03 Å². The van der Waals surface area contributed by atoms with Crippen molar-refractivity contribution in [2.75, 3.05) is 29.9 Å². The van der Waals surface area contributed by atoms with Crippen LogP contribution in [-0.2, 0) is 6.42 Å². The predicted octanol–water partition coefficient (Wildman–Crippen LogP) is 4.18. The lowest BCUT2D eigenvalue weighted by Crippen LogP contribution is -2.34. The summed E-state index contributed by atoms with van der Waals surface area (Å²) in [5.74, 6) is -1.40. The Labute approximate surface area is 152 Å². The number of halogens is 2. The molecule has 2 amide bonds. The van der Waals surface area contributed by atoms with Crippen molar-refractivity contribution in [3.8, 4) is 0 Å². The van der Waals surface area contributed by atoms with Gasteiger partial charge in [-0.1, -0.05) is 25.1 Å². The molecule has 2 aromatic rings. The number of aryl methyl sites for hydroxylation is 1. The maximum Gasteiger partial charge on any atom is 0.319 e. The Morgan fingerprint density at radius 1 is 1.19 bits per heavy atom. The quantitative estimate of drug-likeness (QED) is 0.841. The summed E-state index contributed by atoms with van der Waals surface area (Å²) in [4.78, 5) is 14.2. The Balaban J connectivity index is 1.49. The van der Waals surface area contributed by atoms with Gasteiger partial charge < -0.3 is 15.5 Å². The third-order valence-corrected chi connectivity index (χ3v) is 4.75. The SMILES string of the molecule is CCc1ccccc1NC(=O)NCC1CCN(c2ccc(F)c(F)c2)C1. The highest BCUT2D eigenvalue weighted by Crippen LogP contribution is 2.25. The topological polar surface area (TPSA) is 44.4 Å². The highest BCUT2D eigenvalue weighted by Gasteiger charge is 2.23. The van der Waals surface area contributed by atoms with E-state index in [0.29, 0.717) is 18.8 Å². The molecule has 1 unspecified atom stereocenters. The fourth-order valence-corrected chi connectivity index (χ4v) is 3.27. The smallest absolute Gasteiger partial charge is 0.319 e. The molecular weight excluding hydrogens is 336 g/mol. The first-order chi connectivity index (χ1) is 12.6. The summed E-state index contributed by atoms with van der Waals surface area (Å²) < 4.78 is 26.4. The number of benzene rings is 2. The van der Waals surface area contributed by atoms with E-state index in [-0.39, 0.29) is 11.9 Å². The normalized spacial score (nSPS) is 16.6. The Hall–Kier alpha value is -2.63. The van der Waals surface area contributed by atoms with Crippen LogP contribution in [0.5, 0.6) is 0 Å². The summed E-state index contributed by atoms with van der Waals surface area (Å²) in [6.07, 6.45) is 1.74. The lowest BCUT2D eigenvalue weighted by molar-refractivity contribution is 0.250. The van der Waals surface area contributed by atoms with Crippen molar-refractivity contribution < 1.29 is 13.6 Å². The fraction of sp³-hybridized carbons (Fsp3) is 0.350. The molecule has 1 fully saturated rings. The van der Waals surface area contributed by atoms with Gasteiger partial charge in [0.05, 0.1) is 0 Å². The second-order valence-electron chi connectivity index (χ2n) is 6.54. The van der Waals surface area contributed by atoms with E-state index in [2.05, 4.69) is 10.6 Å². The lowest BCUT2D eigenvalue weighted by Gasteiger charge is -2.19. The van der Waals surface area contributed by atoms with Gasteiger partial charge in [0.1, 0.15) is 0 Å². The van der Waals surface area contributed by atoms with Crippen LogP contribution in [-0.4, -0.2) is 25.7 Å². The fourth-order valence-electron chi connectivity index (χ4n) is 3.27. The molecule has 4 nitrogen and oxygen atoms in total. The van der Waals surface area contributed by atoms with E-state index in [4.69, 9.17) is 0 Å². The third-order valence-electron chi connectivity index (χ3n) is 4.75. The Bertz CT molecular complexity index is 781. The van der Waals surface area contributed by atoms with Gasteiger partial charge in [-0.15, -0.1) is 0 Å². The van der Waals surface area contributed by atoms with Crippen LogP contribution in [0.3, 0.4) is 0 Å². The van der Waals surface area contributed by atoms with E-state index in [1.165, 1.54) is 6.07 Å².